The summed E-state index contributed by atoms with van der Waals surface area (Å²) in [5, 5.41) is 5.92. The molecule has 0 saturated carbocycles. The monoisotopic (exact) mass is 508 g/mol. The molecule has 2 aromatic carbocycles. The van der Waals surface area contributed by atoms with E-state index < -0.39 is 0 Å². The lowest BCUT2D eigenvalue weighted by Crippen LogP contribution is -2.24. The molecule has 0 saturated heterocycles. The summed E-state index contributed by atoms with van der Waals surface area (Å²) in [5.74, 6) is -0.0509. The fourth-order valence-electron chi connectivity index (χ4n) is 2.82. The van der Waals surface area contributed by atoms with Gasteiger partial charge in [0.15, 0.2) is 0 Å². The molecule has 28 heavy (non-hydrogen) atoms. The van der Waals surface area contributed by atoms with Crippen LogP contribution < -0.4 is 10.6 Å². The van der Waals surface area contributed by atoms with Crippen LogP contribution in [0, 0.1) is 0 Å². The van der Waals surface area contributed by atoms with Gasteiger partial charge in [0.2, 0.25) is 0 Å². The molecule has 4 nitrogen and oxygen atoms in total. The third-order valence-electron chi connectivity index (χ3n) is 4.35. The maximum absolute atomic E-state index is 12.0. The van der Waals surface area contributed by atoms with Crippen molar-refractivity contribution in [3.8, 4) is 0 Å². The molecule has 0 fully saturated rings. The van der Waals surface area contributed by atoms with Gasteiger partial charge in [0.25, 0.3) is 11.8 Å². The Morgan fingerprint density at radius 3 is 1.43 bits per heavy atom. The van der Waals surface area contributed by atoms with Gasteiger partial charge in [-0.15, -0.1) is 0 Å². The van der Waals surface area contributed by atoms with Crippen molar-refractivity contribution in [3.63, 3.8) is 0 Å². The van der Waals surface area contributed by atoms with Crippen molar-refractivity contribution < 1.29 is 9.59 Å². The average molecular weight is 510 g/mol. The quantitative estimate of drug-likeness (QED) is 0.381. The summed E-state index contributed by atoms with van der Waals surface area (Å²) in [6.45, 7) is 1.40. The van der Waals surface area contributed by atoms with Crippen LogP contribution in [0.3, 0.4) is 0 Å². The van der Waals surface area contributed by atoms with Crippen LogP contribution in [0.1, 0.15) is 59.2 Å². The molecule has 2 N–H and O–H groups in total. The molecule has 0 bridgehead atoms. The predicted octanol–water partition coefficient (Wildman–Crippen LogP) is 5.71. The molecule has 0 aromatic heterocycles. The smallest absolute Gasteiger partial charge is 0.251 e. The van der Waals surface area contributed by atoms with Crippen molar-refractivity contribution in [1.29, 1.82) is 0 Å². The van der Waals surface area contributed by atoms with Crippen LogP contribution in [0.5, 0.6) is 0 Å². The first-order valence-corrected chi connectivity index (χ1v) is 11.2. The van der Waals surface area contributed by atoms with Crippen molar-refractivity contribution in [2.45, 2.75) is 38.5 Å². The highest BCUT2D eigenvalue weighted by Crippen LogP contribution is 2.12. The van der Waals surface area contributed by atoms with Gasteiger partial charge in [-0.2, -0.15) is 0 Å². The van der Waals surface area contributed by atoms with E-state index in [4.69, 9.17) is 0 Å². The Labute approximate surface area is 183 Å². The Morgan fingerprint density at radius 2 is 1.04 bits per heavy atom. The third-order valence-corrected chi connectivity index (χ3v) is 5.33. The van der Waals surface area contributed by atoms with Gasteiger partial charge in [-0.25, -0.2) is 0 Å². The highest BCUT2D eigenvalue weighted by molar-refractivity contribution is 9.10. The van der Waals surface area contributed by atoms with Crippen LogP contribution in [-0.2, 0) is 0 Å². The number of hydrogen-bond acceptors (Lipinski definition) is 2. The van der Waals surface area contributed by atoms with Crippen LogP contribution in [0.15, 0.2) is 57.5 Å². The highest BCUT2D eigenvalue weighted by Gasteiger charge is 2.05. The van der Waals surface area contributed by atoms with Crippen molar-refractivity contribution in [2.24, 2.45) is 0 Å². The van der Waals surface area contributed by atoms with Crippen LogP contribution in [-0.4, -0.2) is 24.9 Å². The number of carbonyl (C=O) groups is 2. The second-order valence-electron chi connectivity index (χ2n) is 6.65. The summed E-state index contributed by atoms with van der Waals surface area (Å²) in [4.78, 5) is 24.0. The molecule has 0 heterocycles. The first kappa shape index (κ1) is 22.6. The van der Waals surface area contributed by atoms with Crippen LogP contribution in [0.25, 0.3) is 0 Å². The average Bonchev–Trinajstić information content (AvgIpc) is 2.69. The lowest BCUT2D eigenvalue weighted by Gasteiger charge is -2.07. The van der Waals surface area contributed by atoms with Gasteiger partial charge >= 0.3 is 0 Å². The maximum Gasteiger partial charge on any atom is 0.251 e. The summed E-state index contributed by atoms with van der Waals surface area (Å²) in [6.07, 6.45) is 6.46. The summed E-state index contributed by atoms with van der Waals surface area (Å²) in [6, 6.07) is 14.8. The number of benzene rings is 2. The van der Waals surface area contributed by atoms with Crippen LogP contribution >= 0.6 is 31.9 Å². The molecular weight excluding hydrogens is 484 g/mol. The lowest BCUT2D eigenvalue weighted by molar-refractivity contribution is 0.0944. The third kappa shape index (κ3) is 8.57. The lowest BCUT2D eigenvalue weighted by atomic mass is 10.1. The SMILES string of the molecule is O=C(NCCCCCCCCNC(=O)c1cccc(Br)c1)c1cccc(Br)c1. The maximum atomic E-state index is 12.0. The first-order chi connectivity index (χ1) is 13.6. The zero-order valence-electron chi connectivity index (χ0n) is 15.8. The molecule has 0 radical (unpaired) electrons. The predicted molar refractivity (Wildman–Crippen MR) is 121 cm³/mol. The molecule has 0 unspecified atom stereocenters. The topological polar surface area (TPSA) is 58.2 Å². The number of rotatable bonds is 11. The van der Waals surface area contributed by atoms with Gasteiger partial charge in [-0.05, 0) is 49.2 Å². The second kappa shape index (κ2) is 12.7. The molecular formula is C22H26Br2N2O2. The summed E-state index contributed by atoms with van der Waals surface area (Å²) >= 11 is 6.75. The minimum Gasteiger partial charge on any atom is -0.352 e. The molecule has 0 atom stereocenters. The Hall–Kier alpha value is -1.66. The second-order valence-corrected chi connectivity index (χ2v) is 8.49. The normalized spacial score (nSPS) is 10.5. The van der Waals surface area contributed by atoms with E-state index in [0.717, 1.165) is 47.5 Å². The van der Waals surface area contributed by atoms with Crippen molar-refractivity contribution in [1.82, 2.24) is 10.6 Å². The number of carbonyl (C=O) groups excluding carboxylic acids is 2. The van der Waals surface area contributed by atoms with E-state index in [9.17, 15) is 9.59 Å². The van der Waals surface area contributed by atoms with Gasteiger partial charge in [0.05, 0.1) is 0 Å². The minimum atomic E-state index is -0.0255. The van der Waals surface area contributed by atoms with Crippen LogP contribution in [0.2, 0.25) is 0 Å². The van der Waals surface area contributed by atoms with Gasteiger partial charge in [0.1, 0.15) is 0 Å². The molecule has 0 aliphatic carbocycles. The number of unbranched alkanes of at least 4 members (excludes halogenated alkanes) is 5. The molecule has 6 heteroatoms. The standard InChI is InChI=1S/C22H26Br2N2O2/c23-19-11-7-9-17(15-19)21(27)25-13-5-3-1-2-4-6-14-26-22(28)18-10-8-12-20(24)16-18/h7-12,15-16H,1-6,13-14H2,(H,25,27)(H,26,28). The van der Waals surface area contributed by atoms with E-state index >= 15 is 0 Å². The van der Waals surface area contributed by atoms with Crippen molar-refractivity contribution in [3.05, 3.63) is 68.6 Å². The molecule has 2 aromatic rings. The summed E-state index contributed by atoms with van der Waals surface area (Å²) in [7, 11) is 0. The summed E-state index contributed by atoms with van der Waals surface area (Å²) in [5.41, 5.74) is 1.36. The van der Waals surface area contributed by atoms with E-state index in [1.165, 1.54) is 0 Å². The van der Waals surface area contributed by atoms with E-state index in [0.29, 0.717) is 24.2 Å². The number of amides is 2. The Balaban J connectivity index is 1.45. The van der Waals surface area contributed by atoms with Crippen LogP contribution in [0.4, 0.5) is 0 Å². The molecule has 0 aliphatic rings. The van der Waals surface area contributed by atoms with Crippen molar-refractivity contribution >= 4 is 43.7 Å². The largest absolute Gasteiger partial charge is 0.352 e. The Bertz CT molecular complexity index is 715. The van der Waals surface area contributed by atoms with Gasteiger partial charge in [-0.1, -0.05) is 69.7 Å². The Morgan fingerprint density at radius 1 is 0.643 bits per heavy atom. The zero-order chi connectivity index (χ0) is 20.2. The molecule has 150 valence electrons. The summed E-state index contributed by atoms with van der Waals surface area (Å²) < 4.78 is 1.82. The Kier molecular flexibility index (Phi) is 10.3. The van der Waals surface area contributed by atoms with E-state index in [1.54, 1.807) is 0 Å². The van der Waals surface area contributed by atoms with E-state index in [2.05, 4.69) is 42.5 Å². The highest BCUT2D eigenvalue weighted by atomic mass is 79.9. The minimum absolute atomic E-state index is 0.0255. The van der Waals surface area contributed by atoms with E-state index in [-0.39, 0.29) is 11.8 Å². The zero-order valence-corrected chi connectivity index (χ0v) is 19.0. The van der Waals surface area contributed by atoms with Gasteiger partial charge < -0.3 is 10.6 Å². The fourth-order valence-corrected chi connectivity index (χ4v) is 3.62. The van der Waals surface area contributed by atoms with Crippen molar-refractivity contribution in [2.75, 3.05) is 13.1 Å². The number of nitrogens with one attached hydrogen (secondary N) is 2. The number of hydrogen-bond donors (Lipinski definition) is 2. The molecule has 0 aliphatic heterocycles. The molecule has 2 rings (SSSR count). The molecule has 0 spiro atoms. The van der Waals surface area contributed by atoms with Gasteiger partial charge in [-0.3, -0.25) is 9.59 Å². The first-order valence-electron chi connectivity index (χ1n) is 9.64. The molecule has 2 amide bonds. The number of halogens is 2. The van der Waals surface area contributed by atoms with E-state index in [1.807, 2.05) is 48.5 Å². The fraction of sp³-hybridized carbons (Fsp3) is 0.364. The van der Waals surface area contributed by atoms with Gasteiger partial charge in [0, 0.05) is 33.2 Å².